The Morgan fingerprint density at radius 2 is 1.65 bits per heavy atom. The van der Waals surface area contributed by atoms with Gasteiger partial charge in [0.1, 0.15) is 0 Å². The van der Waals surface area contributed by atoms with Crippen molar-refractivity contribution < 1.29 is 4.74 Å². The van der Waals surface area contributed by atoms with Gasteiger partial charge in [-0.15, -0.1) is 11.8 Å². The van der Waals surface area contributed by atoms with Crippen molar-refractivity contribution >= 4 is 17.3 Å². The van der Waals surface area contributed by atoms with Crippen molar-refractivity contribution in [2.75, 3.05) is 32.6 Å². The lowest BCUT2D eigenvalue weighted by molar-refractivity contribution is -0.00984. The van der Waals surface area contributed by atoms with Gasteiger partial charge in [0, 0.05) is 23.5 Å². The molecule has 2 aromatic rings. The third-order valence-electron chi connectivity index (χ3n) is 6.25. The Bertz CT molecular complexity index is 789. The van der Waals surface area contributed by atoms with Gasteiger partial charge in [0.15, 0.2) is 0 Å². The second kappa shape index (κ2) is 12.5. The molecule has 0 bridgehead atoms. The van der Waals surface area contributed by atoms with Crippen molar-refractivity contribution in [3.8, 4) is 0 Å². The van der Waals surface area contributed by atoms with Gasteiger partial charge in [-0.2, -0.15) is 0 Å². The van der Waals surface area contributed by atoms with Crippen LogP contribution in [0.4, 0.5) is 0 Å². The van der Waals surface area contributed by atoms with Crippen molar-refractivity contribution in [3.63, 3.8) is 0 Å². The highest BCUT2D eigenvalue weighted by atomic mass is 32.2. The molecule has 3 rings (SSSR count). The summed E-state index contributed by atoms with van der Waals surface area (Å²) in [5, 5.41) is 0. The van der Waals surface area contributed by atoms with E-state index in [1.165, 1.54) is 28.0 Å². The standard InChI is InChI=1S/C15H23NOS.C13H18/c1-15(2,16-8-10-17-11-9-16)12-13-4-6-14(18-3)7-5-13;1-5-11(4)13-8-6-12(7-9-13)10(2)3/h4-7H,8-12H2,1-3H3;6-9,11H,2,5H2,1,3-4H3. The van der Waals surface area contributed by atoms with Crippen molar-refractivity contribution in [2.24, 2.45) is 0 Å². The predicted octanol–water partition coefficient (Wildman–Crippen LogP) is 7.30. The van der Waals surface area contributed by atoms with Gasteiger partial charge in [0.2, 0.25) is 0 Å². The molecule has 1 aliphatic heterocycles. The summed E-state index contributed by atoms with van der Waals surface area (Å²) in [6, 6.07) is 17.7. The quantitative estimate of drug-likeness (QED) is 0.420. The Hall–Kier alpha value is -1.55. The second-order valence-corrected chi connectivity index (χ2v) is 10.0. The fraction of sp³-hybridized carbons (Fsp3) is 0.500. The maximum atomic E-state index is 5.43. The maximum absolute atomic E-state index is 5.43. The van der Waals surface area contributed by atoms with Gasteiger partial charge in [-0.05, 0) is 74.6 Å². The molecule has 0 aromatic heterocycles. The van der Waals surface area contributed by atoms with E-state index in [1.807, 2.05) is 6.92 Å². The van der Waals surface area contributed by atoms with Crippen LogP contribution >= 0.6 is 11.8 Å². The predicted molar refractivity (Wildman–Crippen MR) is 138 cm³/mol. The van der Waals surface area contributed by atoms with Crippen LogP contribution in [-0.2, 0) is 11.2 Å². The molecule has 170 valence electrons. The normalized spacial score (nSPS) is 15.7. The molecule has 0 amide bonds. The number of nitrogens with zero attached hydrogens (tertiary/aromatic N) is 1. The summed E-state index contributed by atoms with van der Waals surface area (Å²) < 4.78 is 5.43. The van der Waals surface area contributed by atoms with Crippen LogP contribution in [-0.4, -0.2) is 43.0 Å². The van der Waals surface area contributed by atoms with E-state index < -0.39 is 0 Å². The summed E-state index contributed by atoms with van der Waals surface area (Å²) in [5.41, 5.74) is 5.43. The second-order valence-electron chi connectivity index (χ2n) is 9.15. The average Bonchev–Trinajstić information content (AvgIpc) is 2.80. The summed E-state index contributed by atoms with van der Waals surface area (Å²) >= 11 is 1.80. The van der Waals surface area contributed by atoms with Crippen LogP contribution in [0.3, 0.4) is 0 Å². The molecule has 31 heavy (non-hydrogen) atoms. The van der Waals surface area contributed by atoms with Crippen LogP contribution in [0.5, 0.6) is 0 Å². The molecule has 0 spiro atoms. The van der Waals surface area contributed by atoms with Gasteiger partial charge in [-0.1, -0.05) is 62.4 Å². The Labute approximate surface area is 195 Å². The third kappa shape index (κ3) is 8.14. The van der Waals surface area contributed by atoms with Gasteiger partial charge in [-0.25, -0.2) is 0 Å². The van der Waals surface area contributed by atoms with E-state index in [2.05, 4.69) is 94.0 Å². The molecule has 2 nitrogen and oxygen atoms in total. The molecule has 2 aromatic carbocycles. The molecule has 0 radical (unpaired) electrons. The van der Waals surface area contributed by atoms with Gasteiger partial charge in [0.25, 0.3) is 0 Å². The topological polar surface area (TPSA) is 12.5 Å². The van der Waals surface area contributed by atoms with Crippen molar-refractivity contribution in [1.29, 1.82) is 0 Å². The molecule has 3 heteroatoms. The lowest BCUT2D eigenvalue weighted by Gasteiger charge is -2.41. The summed E-state index contributed by atoms with van der Waals surface area (Å²) in [6.45, 7) is 19.0. The lowest BCUT2D eigenvalue weighted by Crippen LogP contribution is -2.51. The van der Waals surface area contributed by atoms with E-state index in [0.717, 1.165) is 38.3 Å². The van der Waals surface area contributed by atoms with Crippen LogP contribution in [0.1, 0.15) is 63.6 Å². The Morgan fingerprint density at radius 1 is 1.06 bits per heavy atom. The third-order valence-corrected chi connectivity index (χ3v) is 6.99. The summed E-state index contributed by atoms with van der Waals surface area (Å²) in [7, 11) is 0. The monoisotopic (exact) mass is 439 g/mol. The van der Waals surface area contributed by atoms with Crippen molar-refractivity contribution in [2.45, 2.75) is 63.8 Å². The molecule has 0 N–H and O–H groups in total. The average molecular weight is 440 g/mol. The van der Waals surface area contributed by atoms with E-state index in [9.17, 15) is 0 Å². The number of benzene rings is 2. The van der Waals surface area contributed by atoms with E-state index in [0.29, 0.717) is 5.92 Å². The minimum Gasteiger partial charge on any atom is -0.379 e. The first-order valence-corrected chi connectivity index (χ1v) is 12.7. The Balaban J connectivity index is 0.000000233. The highest BCUT2D eigenvalue weighted by molar-refractivity contribution is 7.98. The number of hydrogen-bond donors (Lipinski definition) is 0. The molecule has 1 saturated heterocycles. The number of rotatable bonds is 7. The number of thioether (sulfide) groups is 1. The Kier molecular flexibility index (Phi) is 10.3. The molecule has 1 unspecified atom stereocenters. The van der Waals surface area contributed by atoms with Gasteiger partial charge in [0.05, 0.1) is 13.2 Å². The molecule has 0 saturated carbocycles. The van der Waals surface area contributed by atoms with Crippen LogP contribution in [0.25, 0.3) is 5.57 Å². The molecular weight excluding hydrogens is 398 g/mol. The number of ether oxygens (including phenoxy) is 1. The first kappa shape index (κ1) is 25.7. The summed E-state index contributed by atoms with van der Waals surface area (Å²) in [6.07, 6.45) is 4.42. The van der Waals surface area contributed by atoms with E-state index in [4.69, 9.17) is 4.74 Å². The molecule has 1 aliphatic rings. The molecule has 1 atom stereocenters. The maximum Gasteiger partial charge on any atom is 0.0594 e. The van der Waals surface area contributed by atoms with Gasteiger partial charge in [-0.3, -0.25) is 4.90 Å². The van der Waals surface area contributed by atoms with Crippen LogP contribution in [0.15, 0.2) is 60.0 Å². The zero-order valence-corrected chi connectivity index (χ0v) is 21.2. The van der Waals surface area contributed by atoms with Gasteiger partial charge < -0.3 is 4.74 Å². The minimum atomic E-state index is 0.213. The van der Waals surface area contributed by atoms with Crippen LogP contribution < -0.4 is 0 Å². The first-order chi connectivity index (χ1) is 14.8. The smallest absolute Gasteiger partial charge is 0.0594 e. The summed E-state index contributed by atoms with van der Waals surface area (Å²) in [5.74, 6) is 0.666. The number of morpholine rings is 1. The van der Waals surface area contributed by atoms with Crippen LogP contribution in [0, 0.1) is 0 Å². The Morgan fingerprint density at radius 3 is 2.13 bits per heavy atom. The zero-order valence-electron chi connectivity index (χ0n) is 20.4. The molecule has 0 aliphatic carbocycles. The van der Waals surface area contributed by atoms with E-state index in [-0.39, 0.29) is 5.54 Å². The fourth-order valence-electron chi connectivity index (χ4n) is 3.86. The van der Waals surface area contributed by atoms with E-state index >= 15 is 0 Å². The highest BCUT2D eigenvalue weighted by Gasteiger charge is 2.28. The number of hydrogen-bond acceptors (Lipinski definition) is 3. The van der Waals surface area contributed by atoms with Crippen molar-refractivity contribution in [1.82, 2.24) is 4.90 Å². The zero-order chi connectivity index (χ0) is 22.9. The highest BCUT2D eigenvalue weighted by Crippen LogP contribution is 2.23. The first-order valence-electron chi connectivity index (χ1n) is 11.5. The molecule has 1 heterocycles. The summed E-state index contributed by atoms with van der Waals surface area (Å²) in [4.78, 5) is 3.88. The lowest BCUT2D eigenvalue weighted by atomic mass is 9.92. The van der Waals surface area contributed by atoms with Crippen LogP contribution in [0.2, 0.25) is 0 Å². The van der Waals surface area contributed by atoms with Crippen molar-refractivity contribution in [3.05, 3.63) is 71.8 Å². The van der Waals surface area contributed by atoms with E-state index in [1.54, 1.807) is 11.8 Å². The minimum absolute atomic E-state index is 0.213. The largest absolute Gasteiger partial charge is 0.379 e. The number of allylic oxidation sites excluding steroid dienone is 1. The van der Waals surface area contributed by atoms with Gasteiger partial charge >= 0.3 is 0 Å². The fourth-order valence-corrected chi connectivity index (χ4v) is 4.26. The molecule has 1 fully saturated rings. The molecular formula is C28H41NOS. The SMILES string of the molecule is C=C(C)c1ccc(C(C)CC)cc1.CSc1ccc(CC(C)(C)N2CCOCC2)cc1.